The van der Waals surface area contributed by atoms with E-state index in [4.69, 9.17) is 14.2 Å². The molecule has 0 radical (unpaired) electrons. The van der Waals surface area contributed by atoms with Crippen LogP contribution in [0.25, 0.3) is 11.1 Å². The van der Waals surface area contributed by atoms with Crippen molar-refractivity contribution in [2.45, 2.75) is 38.7 Å². The van der Waals surface area contributed by atoms with Gasteiger partial charge in [-0.2, -0.15) is 13.2 Å². The Bertz CT molecular complexity index is 915. The molecule has 1 saturated heterocycles. The fourth-order valence-corrected chi connectivity index (χ4v) is 3.09. The number of amides is 1. The van der Waals surface area contributed by atoms with Gasteiger partial charge in [-0.05, 0) is 50.1 Å². The number of likely N-dealkylation sites (tertiary alicyclic amines) is 1. The van der Waals surface area contributed by atoms with Crippen LogP contribution < -0.4 is 9.47 Å². The van der Waals surface area contributed by atoms with Gasteiger partial charge in [0.2, 0.25) is 0 Å². The van der Waals surface area contributed by atoms with E-state index in [9.17, 15) is 18.0 Å². The highest BCUT2D eigenvalue weighted by molar-refractivity contribution is 5.71. The SMILES string of the molecule is COc1ccc(-c2ccccc2C(F)(F)F)cc1OC1CN(C(=O)OC(C)(C)C)C1. The number of carbonyl (C=O) groups excluding carboxylic acids is 1. The van der Waals surface area contributed by atoms with Gasteiger partial charge in [-0.3, -0.25) is 0 Å². The lowest BCUT2D eigenvalue weighted by atomic mass is 9.99. The Kier molecular flexibility index (Phi) is 5.87. The van der Waals surface area contributed by atoms with Gasteiger partial charge in [0.05, 0.1) is 25.8 Å². The van der Waals surface area contributed by atoms with E-state index >= 15 is 0 Å². The third-order valence-corrected chi connectivity index (χ3v) is 4.50. The molecule has 0 aliphatic carbocycles. The van der Waals surface area contributed by atoms with Crippen LogP contribution in [0.2, 0.25) is 0 Å². The Balaban J connectivity index is 1.77. The van der Waals surface area contributed by atoms with Gasteiger partial charge >= 0.3 is 12.3 Å². The summed E-state index contributed by atoms with van der Waals surface area (Å²) in [5.41, 5.74) is -0.892. The Morgan fingerprint density at radius 3 is 2.30 bits per heavy atom. The molecular weight excluding hydrogens is 399 g/mol. The minimum Gasteiger partial charge on any atom is -0.493 e. The van der Waals surface area contributed by atoms with Crippen LogP contribution in [0.5, 0.6) is 11.5 Å². The largest absolute Gasteiger partial charge is 0.493 e. The van der Waals surface area contributed by atoms with Gasteiger partial charge in [-0.1, -0.05) is 24.3 Å². The molecule has 162 valence electrons. The van der Waals surface area contributed by atoms with Crippen LogP contribution in [0.1, 0.15) is 26.3 Å². The molecule has 0 atom stereocenters. The maximum Gasteiger partial charge on any atom is 0.417 e. The van der Waals surface area contributed by atoms with Crippen molar-refractivity contribution in [3.63, 3.8) is 0 Å². The predicted octanol–water partition coefficient (Wildman–Crippen LogP) is 5.38. The second kappa shape index (κ2) is 8.08. The van der Waals surface area contributed by atoms with Gasteiger partial charge in [0.25, 0.3) is 0 Å². The summed E-state index contributed by atoms with van der Waals surface area (Å²) in [7, 11) is 1.46. The molecule has 0 bridgehead atoms. The molecule has 0 N–H and O–H groups in total. The van der Waals surface area contributed by atoms with Gasteiger partial charge in [-0.25, -0.2) is 4.79 Å². The first-order chi connectivity index (χ1) is 14.0. The van der Waals surface area contributed by atoms with E-state index in [2.05, 4.69) is 0 Å². The molecule has 5 nitrogen and oxygen atoms in total. The molecule has 8 heteroatoms. The van der Waals surface area contributed by atoms with E-state index < -0.39 is 23.4 Å². The number of carbonyl (C=O) groups is 1. The van der Waals surface area contributed by atoms with E-state index in [1.165, 1.54) is 30.2 Å². The molecule has 2 aromatic carbocycles. The standard InChI is InChI=1S/C22H24F3NO4/c1-21(2,3)30-20(27)26-12-15(13-26)29-19-11-14(9-10-18(19)28-4)16-7-5-6-8-17(16)22(23,24)25/h5-11,15H,12-13H2,1-4H3. The average molecular weight is 423 g/mol. The van der Waals surface area contributed by atoms with E-state index in [-0.39, 0.29) is 11.7 Å². The number of halogens is 3. The smallest absolute Gasteiger partial charge is 0.417 e. The molecule has 1 amide bonds. The van der Waals surface area contributed by atoms with Crippen LogP contribution in [-0.4, -0.2) is 42.9 Å². The number of hydrogen-bond acceptors (Lipinski definition) is 4. The average Bonchev–Trinajstić information content (AvgIpc) is 2.62. The molecule has 0 spiro atoms. The summed E-state index contributed by atoms with van der Waals surface area (Å²) >= 11 is 0. The van der Waals surface area contributed by atoms with Crippen molar-refractivity contribution >= 4 is 6.09 Å². The zero-order valence-corrected chi connectivity index (χ0v) is 17.2. The lowest BCUT2D eigenvalue weighted by molar-refractivity contribution is -0.137. The normalized spacial score (nSPS) is 14.8. The molecule has 2 aromatic rings. The van der Waals surface area contributed by atoms with E-state index in [0.717, 1.165) is 6.07 Å². The van der Waals surface area contributed by atoms with E-state index in [0.29, 0.717) is 30.2 Å². The van der Waals surface area contributed by atoms with Crippen molar-refractivity contribution in [1.82, 2.24) is 4.90 Å². The van der Waals surface area contributed by atoms with Crippen LogP contribution in [0.3, 0.4) is 0 Å². The van der Waals surface area contributed by atoms with Crippen LogP contribution in [0.4, 0.5) is 18.0 Å². The first-order valence-electron chi connectivity index (χ1n) is 9.47. The zero-order valence-electron chi connectivity index (χ0n) is 17.2. The summed E-state index contributed by atoms with van der Waals surface area (Å²) in [5, 5.41) is 0. The molecule has 1 aliphatic rings. The second-order valence-electron chi connectivity index (χ2n) is 8.03. The predicted molar refractivity (Wildman–Crippen MR) is 106 cm³/mol. The quantitative estimate of drug-likeness (QED) is 0.663. The van der Waals surface area contributed by atoms with Crippen molar-refractivity contribution in [1.29, 1.82) is 0 Å². The maximum atomic E-state index is 13.4. The molecule has 0 unspecified atom stereocenters. The van der Waals surface area contributed by atoms with E-state index in [1.54, 1.807) is 39.0 Å². The molecule has 1 aliphatic heterocycles. The van der Waals surface area contributed by atoms with Crippen LogP contribution in [0, 0.1) is 0 Å². The number of ether oxygens (including phenoxy) is 3. The van der Waals surface area contributed by atoms with Crippen LogP contribution in [0.15, 0.2) is 42.5 Å². The monoisotopic (exact) mass is 423 g/mol. The van der Waals surface area contributed by atoms with Gasteiger partial charge in [0, 0.05) is 0 Å². The summed E-state index contributed by atoms with van der Waals surface area (Å²) in [5.74, 6) is 0.722. The number of methoxy groups -OCH3 is 1. The first-order valence-corrected chi connectivity index (χ1v) is 9.47. The molecule has 0 saturated carbocycles. The summed E-state index contributed by atoms with van der Waals surface area (Å²) in [6.07, 6.45) is -5.21. The summed E-state index contributed by atoms with van der Waals surface area (Å²) in [6, 6.07) is 10.0. The summed E-state index contributed by atoms with van der Waals surface area (Å²) in [6.45, 7) is 6.00. The fraction of sp³-hybridized carbons (Fsp3) is 0.409. The highest BCUT2D eigenvalue weighted by Crippen LogP contribution is 2.40. The lowest BCUT2D eigenvalue weighted by Crippen LogP contribution is -2.57. The summed E-state index contributed by atoms with van der Waals surface area (Å²) < 4.78 is 56.7. The Hall–Kier alpha value is -2.90. The van der Waals surface area contributed by atoms with E-state index in [1.807, 2.05) is 0 Å². The second-order valence-corrected chi connectivity index (χ2v) is 8.03. The number of hydrogen-bond donors (Lipinski definition) is 0. The Morgan fingerprint density at radius 2 is 1.70 bits per heavy atom. The number of alkyl halides is 3. The number of nitrogens with zero attached hydrogens (tertiary/aromatic N) is 1. The summed E-state index contributed by atoms with van der Waals surface area (Å²) in [4.78, 5) is 13.6. The Morgan fingerprint density at radius 1 is 1.03 bits per heavy atom. The van der Waals surface area contributed by atoms with Crippen LogP contribution >= 0.6 is 0 Å². The molecule has 30 heavy (non-hydrogen) atoms. The Labute approximate surface area is 173 Å². The fourth-order valence-electron chi connectivity index (χ4n) is 3.09. The van der Waals surface area contributed by atoms with Crippen molar-refractivity contribution in [3.8, 4) is 22.6 Å². The minimum absolute atomic E-state index is 0.0569. The lowest BCUT2D eigenvalue weighted by Gasteiger charge is -2.39. The molecule has 1 heterocycles. The number of benzene rings is 2. The molecule has 0 aromatic heterocycles. The van der Waals surface area contributed by atoms with Crippen LogP contribution in [-0.2, 0) is 10.9 Å². The van der Waals surface area contributed by atoms with Crippen molar-refractivity contribution in [2.24, 2.45) is 0 Å². The molecular formula is C22H24F3NO4. The van der Waals surface area contributed by atoms with Gasteiger partial charge in [-0.15, -0.1) is 0 Å². The highest BCUT2D eigenvalue weighted by Gasteiger charge is 2.36. The van der Waals surface area contributed by atoms with Gasteiger partial charge in [0.15, 0.2) is 11.5 Å². The zero-order chi connectivity index (χ0) is 22.1. The third kappa shape index (κ3) is 4.98. The molecule has 1 fully saturated rings. The maximum absolute atomic E-state index is 13.4. The van der Waals surface area contributed by atoms with Crippen molar-refractivity contribution in [3.05, 3.63) is 48.0 Å². The topological polar surface area (TPSA) is 48.0 Å². The van der Waals surface area contributed by atoms with Gasteiger partial charge in [0.1, 0.15) is 11.7 Å². The minimum atomic E-state index is -4.47. The van der Waals surface area contributed by atoms with Crippen molar-refractivity contribution in [2.75, 3.05) is 20.2 Å². The third-order valence-electron chi connectivity index (χ3n) is 4.50. The first kappa shape index (κ1) is 21.8. The highest BCUT2D eigenvalue weighted by atomic mass is 19.4. The molecule has 3 rings (SSSR count). The number of rotatable bonds is 4. The van der Waals surface area contributed by atoms with Gasteiger partial charge < -0.3 is 19.1 Å². The van der Waals surface area contributed by atoms with Crippen molar-refractivity contribution < 1.29 is 32.2 Å².